The Balaban J connectivity index is 2.95. The van der Waals surface area contributed by atoms with E-state index in [1.54, 1.807) is 24.3 Å². The van der Waals surface area contributed by atoms with Crippen molar-refractivity contribution in [3.8, 4) is 0 Å². The van der Waals surface area contributed by atoms with Crippen LogP contribution in [0.5, 0.6) is 0 Å². The molecule has 0 aliphatic rings. The van der Waals surface area contributed by atoms with Crippen molar-refractivity contribution in [2.24, 2.45) is 5.16 Å². The van der Waals surface area contributed by atoms with Crippen molar-refractivity contribution in [1.29, 1.82) is 0 Å². The van der Waals surface area contributed by atoms with Gasteiger partial charge in [0.1, 0.15) is 0 Å². The van der Waals surface area contributed by atoms with Crippen LogP contribution in [-0.2, 0) is 14.4 Å². The molecular weight excluding hydrogens is 261 g/mol. The van der Waals surface area contributed by atoms with Crippen LogP contribution >= 0.6 is 23.2 Å². The van der Waals surface area contributed by atoms with Crippen LogP contribution < -0.4 is 0 Å². The lowest BCUT2D eigenvalue weighted by Crippen LogP contribution is -2.00. The van der Waals surface area contributed by atoms with Gasteiger partial charge in [-0.1, -0.05) is 46.6 Å². The Morgan fingerprint density at radius 2 is 2.00 bits per heavy atom. The second-order valence-corrected chi connectivity index (χ2v) is 4.96. The number of nitrogens with zero attached hydrogens (tertiary/aromatic N) is 1. The molecule has 0 saturated carbocycles. The van der Waals surface area contributed by atoms with Crippen molar-refractivity contribution < 1.29 is 12.7 Å². The summed E-state index contributed by atoms with van der Waals surface area (Å²) in [7, 11) is -3.66. The molecule has 0 unspecified atom stereocenters. The van der Waals surface area contributed by atoms with Crippen LogP contribution in [0.15, 0.2) is 29.4 Å². The van der Waals surface area contributed by atoms with E-state index in [1.165, 1.54) is 0 Å². The van der Waals surface area contributed by atoms with Gasteiger partial charge in [-0.2, -0.15) is 8.42 Å². The molecule has 0 aliphatic carbocycles. The topological polar surface area (TPSA) is 55.7 Å². The summed E-state index contributed by atoms with van der Waals surface area (Å²) < 4.78 is 25.4. The second kappa shape index (κ2) is 4.83. The number of benzene rings is 1. The van der Waals surface area contributed by atoms with Crippen LogP contribution in [0.2, 0.25) is 5.02 Å². The second-order valence-electron chi connectivity index (χ2n) is 2.64. The lowest BCUT2D eigenvalue weighted by atomic mass is 10.2. The summed E-state index contributed by atoms with van der Waals surface area (Å²) in [4.78, 5) is 0. The molecular formula is C8H7Cl2NO3S. The lowest BCUT2D eigenvalue weighted by Gasteiger charge is -2.00. The highest BCUT2D eigenvalue weighted by Crippen LogP contribution is 2.17. The van der Waals surface area contributed by atoms with Crippen molar-refractivity contribution in [2.45, 2.75) is 0 Å². The first kappa shape index (κ1) is 12.3. The van der Waals surface area contributed by atoms with Crippen molar-refractivity contribution in [3.05, 3.63) is 34.9 Å². The first-order valence-electron chi connectivity index (χ1n) is 3.77. The minimum Gasteiger partial charge on any atom is -0.267 e. The average Bonchev–Trinajstić information content (AvgIpc) is 2.14. The molecule has 0 spiro atoms. The fourth-order valence-corrected chi connectivity index (χ4v) is 1.50. The minimum atomic E-state index is -3.66. The Kier molecular flexibility index (Phi) is 3.96. The van der Waals surface area contributed by atoms with E-state index in [9.17, 15) is 8.42 Å². The van der Waals surface area contributed by atoms with Gasteiger partial charge in [0, 0.05) is 5.56 Å². The third-order valence-corrected chi connectivity index (χ3v) is 2.30. The monoisotopic (exact) mass is 267 g/mol. The summed E-state index contributed by atoms with van der Waals surface area (Å²) in [5.74, 6) is 0. The van der Waals surface area contributed by atoms with Gasteiger partial charge in [0.2, 0.25) is 0 Å². The van der Waals surface area contributed by atoms with Gasteiger partial charge in [-0.05, 0) is 6.07 Å². The van der Waals surface area contributed by atoms with Gasteiger partial charge < -0.3 is 0 Å². The lowest BCUT2D eigenvalue weighted by molar-refractivity contribution is 0.344. The molecule has 15 heavy (non-hydrogen) atoms. The van der Waals surface area contributed by atoms with Gasteiger partial charge in [-0.25, -0.2) is 0 Å². The molecule has 0 heterocycles. The fourth-order valence-electron chi connectivity index (χ4n) is 0.778. The molecule has 1 aromatic rings. The summed E-state index contributed by atoms with van der Waals surface area (Å²) >= 11 is 11.5. The van der Waals surface area contributed by atoms with Crippen LogP contribution in [0, 0.1) is 0 Å². The molecule has 0 aliphatic heterocycles. The third kappa shape index (κ3) is 4.07. The summed E-state index contributed by atoms with van der Waals surface area (Å²) in [5, 5.41) is 3.48. The van der Waals surface area contributed by atoms with Crippen LogP contribution in [0.25, 0.3) is 0 Å². The molecule has 0 atom stereocenters. The average molecular weight is 268 g/mol. The predicted octanol–water partition coefficient (Wildman–Crippen LogP) is 2.22. The zero-order valence-electron chi connectivity index (χ0n) is 7.65. The molecule has 1 aromatic carbocycles. The van der Waals surface area contributed by atoms with Gasteiger partial charge in [-0.3, -0.25) is 4.28 Å². The van der Waals surface area contributed by atoms with Crippen LogP contribution in [0.4, 0.5) is 0 Å². The van der Waals surface area contributed by atoms with E-state index in [0.29, 0.717) is 10.6 Å². The predicted molar refractivity (Wildman–Crippen MR) is 59.8 cm³/mol. The Morgan fingerprint density at radius 1 is 1.40 bits per heavy atom. The summed E-state index contributed by atoms with van der Waals surface area (Å²) in [6.45, 7) is 0. The molecule has 0 fully saturated rings. The molecule has 4 nitrogen and oxygen atoms in total. The van der Waals surface area contributed by atoms with Crippen molar-refractivity contribution in [3.63, 3.8) is 0 Å². The smallest absolute Gasteiger partial charge is 0.267 e. The summed E-state index contributed by atoms with van der Waals surface area (Å²) in [6.07, 6.45) is 0.868. The SMILES string of the molecule is CS(=O)(=O)O/N=C(\Cl)c1ccccc1Cl. The maximum atomic E-state index is 10.6. The van der Waals surface area contributed by atoms with Gasteiger partial charge in [0.15, 0.2) is 5.17 Å². The van der Waals surface area contributed by atoms with Crippen molar-refractivity contribution in [2.75, 3.05) is 6.26 Å². The normalized spacial score (nSPS) is 12.6. The van der Waals surface area contributed by atoms with E-state index in [2.05, 4.69) is 9.44 Å². The van der Waals surface area contributed by atoms with Crippen LogP contribution in [0.3, 0.4) is 0 Å². The Bertz CT molecular complexity index is 484. The maximum absolute atomic E-state index is 10.6. The van der Waals surface area contributed by atoms with Gasteiger partial charge in [0.05, 0.1) is 11.3 Å². The van der Waals surface area contributed by atoms with E-state index < -0.39 is 10.1 Å². The number of oxime groups is 1. The molecule has 0 radical (unpaired) electrons. The van der Waals surface area contributed by atoms with E-state index in [-0.39, 0.29) is 5.17 Å². The summed E-state index contributed by atoms with van der Waals surface area (Å²) in [6, 6.07) is 6.61. The highest BCUT2D eigenvalue weighted by molar-refractivity contribution is 7.85. The molecule has 82 valence electrons. The first-order valence-corrected chi connectivity index (χ1v) is 6.34. The molecule has 7 heteroatoms. The zero-order valence-corrected chi connectivity index (χ0v) is 9.97. The van der Waals surface area contributed by atoms with Crippen molar-refractivity contribution in [1.82, 2.24) is 0 Å². The van der Waals surface area contributed by atoms with E-state index in [0.717, 1.165) is 6.26 Å². The number of hydrogen-bond acceptors (Lipinski definition) is 4. The van der Waals surface area contributed by atoms with E-state index >= 15 is 0 Å². The highest BCUT2D eigenvalue weighted by Gasteiger charge is 2.07. The Labute approximate surface area is 97.6 Å². The molecule has 0 bridgehead atoms. The standard InChI is InChI=1S/C8H7Cl2NO3S/c1-15(12,13)14-11-8(10)6-4-2-3-5-7(6)9/h2-5H,1H3/b11-8-. The van der Waals surface area contributed by atoms with Crippen LogP contribution in [0.1, 0.15) is 5.56 Å². The minimum absolute atomic E-state index is 0.119. The maximum Gasteiger partial charge on any atom is 0.325 e. The molecule has 0 saturated heterocycles. The largest absolute Gasteiger partial charge is 0.325 e. The fraction of sp³-hybridized carbons (Fsp3) is 0.125. The first-order chi connectivity index (χ1) is 6.90. The zero-order chi connectivity index (χ0) is 11.5. The Hall–Kier alpha value is -0.780. The molecule has 0 N–H and O–H groups in total. The third-order valence-electron chi connectivity index (χ3n) is 1.35. The molecule has 0 amide bonds. The number of halogens is 2. The van der Waals surface area contributed by atoms with Gasteiger partial charge >= 0.3 is 10.1 Å². The molecule has 0 aromatic heterocycles. The summed E-state index contributed by atoms with van der Waals surface area (Å²) in [5.41, 5.74) is 0.407. The quantitative estimate of drug-likeness (QED) is 0.623. The Morgan fingerprint density at radius 3 is 2.53 bits per heavy atom. The van der Waals surface area contributed by atoms with Crippen LogP contribution in [-0.4, -0.2) is 19.8 Å². The highest BCUT2D eigenvalue weighted by atomic mass is 35.5. The van der Waals surface area contributed by atoms with Crippen molar-refractivity contribution >= 4 is 38.5 Å². The van der Waals surface area contributed by atoms with Gasteiger partial charge in [0.25, 0.3) is 0 Å². The molecule has 1 rings (SSSR count). The number of hydrogen-bond donors (Lipinski definition) is 0. The number of rotatable bonds is 3. The van der Waals surface area contributed by atoms with E-state index in [1.807, 2.05) is 0 Å². The van der Waals surface area contributed by atoms with Gasteiger partial charge in [-0.15, -0.1) is 0 Å². The van der Waals surface area contributed by atoms with E-state index in [4.69, 9.17) is 23.2 Å².